The van der Waals surface area contributed by atoms with Crippen LogP contribution in [0.2, 0.25) is 5.02 Å². The van der Waals surface area contributed by atoms with Crippen molar-refractivity contribution in [2.75, 3.05) is 31.4 Å². The van der Waals surface area contributed by atoms with E-state index in [1.165, 1.54) is 0 Å². The van der Waals surface area contributed by atoms with Crippen molar-refractivity contribution < 1.29 is 4.74 Å². The van der Waals surface area contributed by atoms with E-state index >= 15 is 0 Å². The number of rotatable bonds is 4. The van der Waals surface area contributed by atoms with Crippen molar-refractivity contribution in [3.63, 3.8) is 0 Å². The van der Waals surface area contributed by atoms with E-state index in [-0.39, 0.29) is 6.01 Å². The zero-order valence-electron chi connectivity index (χ0n) is 11.2. The lowest BCUT2D eigenvalue weighted by Gasteiger charge is -2.13. The van der Waals surface area contributed by atoms with Gasteiger partial charge in [-0.05, 0) is 18.2 Å². The lowest BCUT2D eigenvalue weighted by atomic mass is 10.3. The fraction of sp³-hybridized carbons (Fsp3) is 0.250. The largest absolute Gasteiger partial charge is 0.423 e. The van der Waals surface area contributed by atoms with Crippen molar-refractivity contribution in [1.82, 2.24) is 15.0 Å². The summed E-state index contributed by atoms with van der Waals surface area (Å²) in [5.41, 5.74) is 0. The fourth-order valence-corrected chi connectivity index (χ4v) is 2.07. The number of nitrogens with one attached hydrogen (secondary N) is 1. The van der Waals surface area contributed by atoms with Crippen LogP contribution in [0.3, 0.4) is 0 Å². The smallest absolute Gasteiger partial charge is 0.328 e. The van der Waals surface area contributed by atoms with Crippen LogP contribution in [0.25, 0.3) is 0 Å². The molecule has 1 heterocycles. The second-order valence-electron chi connectivity index (χ2n) is 4.06. The quantitative estimate of drug-likeness (QED) is 0.905. The standard InChI is InChI=1S/C12H13BrClN5O/c1-15-10-16-11(19(2)3)18-12(17-10)20-9-5-4-7(13)6-8(9)14/h4-6H,1-3H3,(H,15,16,17,18). The van der Waals surface area contributed by atoms with Gasteiger partial charge < -0.3 is 15.0 Å². The summed E-state index contributed by atoms with van der Waals surface area (Å²) < 4.78 is 6.49. The minimum Gasteiger partial charge on any atom is -0.423 e. The number of benzene rings is 1. The minimum atomic E-state index is 0.178. The second-order valence-corrected chi connectivity index (χ2v) is 5.39. The third kappa shape index (κ3) is 3.49. The zero-order valence-corrected chi connectivity index (χ0v) is 13.5. The lowest BCUT2D eigenvalue weighted by Crippen LogP contribution is -2.15. The van der Waals surface area contributed by atoms with Gasteiger partial charge >= 0.3 is 6.01 Å². The summed E-state index contributed by atoms with van der Waals surface area (Å²) in [6.45, 7) is 0. The van der Waals surface area contributed by atoms with Gasteiger partial charge in [-0.3, -0.25) is 0 Å². The van der Waals surface area contributed by atoms with E-state index in [0.29, 0.717) is 22.7 Å². The number of ether oxygens (including phenoxy) is 1. The Balaban J connectivity index is 2.34. The first-order valence-corrected chi connectivity index (χ1v) is 6.90. The molecule has 0 atom stereocenters. The molecule has 0 saturated heterocycles. The van der Waals surface area contributed by atoms with Crippen LogP contribution in [0.1, 0.15) is 0 Å². The van der Waals surface area contributed by atoms with Crippen molar-refractivity contribution in [2.45, 2.75) is 0 Å². The average Bonchev–Trinajstić information content (AvgIpc) is 2.41. The van der Waals surface area contributed by atoms with Gasteiger partial charge in [-0.1, -0.05) is 27.5 Å². The average molecular weight is 359 g/mol. The minimum absolute atomic E-state index is 0.178. The number of hydrogen-bond acceptors (Lipinski definition) is 6. The monoisotopic (exact) mass is 357 g/mol. The van der Waals surface area contributed by atoms with E-state index < -0.39 is 0 Å². The van der Waals surface area contributed by atoms with E-state index in [1.54, 1.807) is 24.1 Å². The summed E-state index contributed by atoms with van der Waals surface area (Å²) in [5.74, 6) is 1.40. The van der Waals surface area contributed by atoms with Crippen LogP contribution in [0.4, 0.5) is 11.9 Å². The molecule has 1 N–H and O–H groups in total. The molecule has 0 aliphatic rings. The first-order chi connectivity index (χ1) is 9.49. The number of nitrogens with zero attached hydrogens (tertiary/aromatic N) is 4. The van der Waals surface area contributed by atoms with Crippen molar-refractivity contribution in [2.24, 2.45) is 0 Å². The molecule has 0 radical (unpaired) electrons. The first-order valence-electron chi connectivity index (χ1n) is 5.73. The van der Waals surface area contributed by atoms with Crippen molar-refractivity contribution >= 4 is 39.4 Å². The third-order valence-electron chi connectivity index (χ3n) is 2.32. The van der Waals surface area contributed by atoms with E-state index in [1.807, 2.05) is 20.2 Å². The normalized spacial score (nSPS) is 10.2. The highest BCUT2D eigenvalue weighted by atomic mass is 79.9. The molecule has 8 heteroatoms. The molecular weight excluding hydrogens is 346 g/mol. The molecule has 0 saturated carbocycles. The van der Waals surface area contributed by atoms with Crippen LogP contribution in [0, 0.1) is 0 Å². The van der Waals surface area contributed by atoms with Gasteiger partial charge in [0.15, 0.2) is 0 Å². The van der Waals surface area contributed by atoms with Gasteiger partial charge in [-0.15, -0.1) is 0 Å². The molecule has 2 rings (SSSR count). The molecule has 1 aromatic heterocycles. The van der Waals surface area contributed by atoms with Crippen molar-refractivity contribution in [3.8, 4) is 11.8 Å². The number of anilines is 2. The molecule has 0 fully saturated rings. The number of aromatic nitrogens is 3. The van der Waals surface area contributed by atoms with Crippen molar-refractivity contribution in [1.29, 1.82) is 0 Å². The third-order valence-corrected chi connectivity index (χ3v) is 3.11. The molecule has 0 bridgehead atoms. The molecule has 106 valence electrons. The highest BCUT2D eigenvalue weighted by Crippen LogP contribution is 2.30. The van der Waals surface area contributed by atoms with Crippen LogP contribution in [0.15, 0.2) is 22.7 Å². The molecule has 1 aromatic carbocycles. The lowest BCUT2D eigenvalue weighted by molar-refractivity contribution is 0.441. The van der Waals surface area contributed by atoms with Gasteiger partial charge in [0.1, 0.15) is 5.75 Å². The molecular formula is C12H13BrClN5O. The molecule has 0 aliphatic heterocycles. The second kappa shape index (κ2) is 6.23. The van der Waals surface area contributed by atoms with Gasteiger partial charge in [0.25, 0.3) is 0 Å². The van der Waals surface area contributed by atoms with Gasteiger partial charge in [-0.25, -0.2) is 0 Å². The van der Waals surface area contributed by atoms with E-state index in [2.05, 4.69) is 36.2 Å². The summed E-state index contributed by atoms with van der Waals surface area (Å²) in [4.78, 5) is 14.3. The van der Waals surface area contributed by atoms with Crippen LogP contribution < -0.4 is 15.0 Å². The Hall–Kier alpha value is -1.60. The Morgan fingerprint density at radius 3 is 2.60 bits per heavy atom. The van der Waals surface area contributed by atoms with Crippen molar-refractivity contribution in [3.05, 3.63) is 27.7 Å². The molecule has 20 heavy (non-hydrogen) atoms. The molecule has 0 unspecified atom stereocenters. The van der Waals surface area contributed by atoms with E-state index in [0.717, 1.165) is 4.47 Å². The SMILES string of the molecule is CNc1nc(Oc2ccc(Br)cc2Cl)nc(N(C)C)n1. The predicted molar refractivity (Wildman–Crippen MR) is 82.9 cm³/mol. The molecule has 6 nitrogen and oxygen atoms in total. The Morgan fingerprint density at radius 1 is 1.25 bits per heavy atom. The fourth-order valence-electron chi connectivity index (χ4n) is 1.36. The van der Waals surface area contributed by atoms with Crippen LogP contribution in [-0.2, 0) is 0 Å². The topological polar surface area (TPSA) is 63.2 Å². The van der Waals surface area contributed by atoms with E-state index in [4.69, 9.17) is 16.3 Å². The molecule has 2 aromatic rings. The molecule has 0 amide bonds. The highest BCUT2D eigenvalue weighted by molar-refractivity contribution is 9.10. The summed E-state index contributed by atoms with van der Waals surface area (Å²) in [6.07, 6.45) is 0. The van der Waals surface area contributed by atoms with Crippen LogP contribution in [0.5, 0.6) is 11.8 Å². The van der Waals surface area contributed by atoms with Gasteiger partial charge in [0, 0.05) is 25.6 Å². The number of halogens is 2. The maximum atomic E-state index is 6.10. The number of hydrogen-bond donors (Lipinski definition) is 1. The van der Waals surface area contributed by atoms with Gasteiger partial charge in [-0.2, -0.15) is 15.0 Å². The molecule has 0 spiro atoms. The maximum Gasteiger partial charge on any atom is 0.328 e. The highest BCUT2D eigenvalue weighted by Gasteiger charge is 2.11. The molecule has 0 aliphatic carbocycles. The van der Waals surface area contributed by atoms with Crippen LogP contribution >= 0.6 is 27.5 Å². The van der Waals surface area contributed by atoms with E-state index in [9.17, 15) is 0 Å². The summed E-state index contributed by atoms with van der Waals surface area (Å²) in [6, 6.07) is 5.49. The summed E-state index contributed by atoms with van der Waals surface area (Å²) in [7, 11) is 5.40. The Kier molecular flexibility index (Phi) is 4.61. The summed E-state index contributed by atoms with van der Waals surface area (Å²) >= 11 is 9.44. The maximum absolute atomic E-state index is 6.10. The summed E-state index contributed by atoms with van der Waals surface area (Å²) in [5, 5.41) is 3.33. The first kappa shape index (κ1) is 14.8. The van der Waals surface area contributed by atoms with Crippen LogP contribution in [-0.4, -0.2) is 36.1 Å². The van der Waals surface area contributed by atoms with Gasteiger partial charge in [0.2, 0.25) is 11.9 Å². The Bertz CT molecular complexity index is 623. The van der Waals surface area contributed by atoms with Gasteiger partial charge in [0.05, 0.1) is 5.02 Å². The Labute approximate surface area is 130 Å². The predicted octanol–water partition coefficient (Wildman–Crippen LogP) is 3.19. The zero-order chi connectivity index (χ0) is 14.7. The Morgan fingerprint density at radius 2 is 2.00 bits per heavy atom.